The second-order valence-corrected chi connectivity index (χ2v) is 5.65. The van der Waals surface area contributed by atoms with E-state index < -0.39 is 0 Å². The maximum atomic E-state index is 4.06. The zero-order valence-corrected chi connectivity index (χ0v) is 10.2. The molecule has 1 aromatic rings. The van der Waals surface area contributed by atoms with Gasteiger partial charge < -0.3 is 5.32 Å². The van der Waals surface area contributed by atoms with Gasteiger partial charge >= 0.3 is 0 Å². The van der Waals surface area contributed by atoms with Crippen LogP contribution < -0.4 is 5.32 Å². The number of nitrogens with zero attached hydrogens (tertiary/aromatic N) is 2. The van der Waals surface area contributed by atoms with Gasteiger partial charge in [-0.3, -0.25) is 0 Å². The van der Waals surface area contributed by atoms with Crippen LogP contribution >= 0.6 is 11.3 Å². The van der Waals surface area contributed by atoms with Crippen LogP contribution in [0.1, 0.15) is 39.1 Å². The van der Waals surface area contributed by atoms with Crippen LogP contribution in [-0.2, 0) is 6.42 Å². The first-order chi connectivity index (χ1) is 6.51. The molecule has 1 rings (SSSR count). The minimum Gasteiger partial charge on any atom is -0.360 e. The lowest BCUT2D eigenvalue weighted by Crippen LogP contribution is -2.12. The van der Waals surface area contributed by atoms with Crippen molar-refractivity contribution in [1.29, 1.82) is 0 Å². The highest BCUT2D eigenvalue weighted by molar-refractivity contribution is 7.15. The van der Waals surface area contributed by atoms with Crippen LogP contribution in [0.5, 0.6) is 0 Å². The third kappa shape index (κ3) is 4.05. The number of hydrogen-bond donors (Lipinski definition) is 1. The molecule has 3 nitrogen and oxygen atoms in total. The molecule has 1 aromatic heterocycles. The monoisotopic (exact) mass is 213 g/mol. The minimum absolute atomic E-state index is 0.380. The molecular weight excluding hydrogens is 194 g/mol. The van der Waals surface area contributed by atoms with Crippen molar-refractivity contribution >= 4 is 16.5 Å². The van der Waals surface area contributed by atoms with E-state index in [4.69, 9.17) is 0 Å². The number of nitrogens with one attached hydrogen (secondary N) is 1. The molecule has 0 saturated carbocycles. The van der Waals surface area contributed by atoms with Crippen LogP contribution in [0.3, 0.4) is 0 Å². The zero-order chi connectivity index (χ0) is 10.6. The van der Waals surface area contributed by atoms with E-state index in [0.717, 1.165) is 29.5 Å². The molecule has 1 heterocycles. The van der Waals surface area contributed by atoms with E-state index in [1.807, 2.05) is 0 Å². The van der Waals surface area contributed by atoms with Crippen LogP contribution in [0.25, 0.3) is 0 Å². The predicted molar refractivity (Wildman–Crippen MR) is 61.8 cm³/mol. The van der Waals surface area contributed by atoms with Crippen molar-refractivity contribution in [2.75, 3.05) is 11.9 Å². The molecule has 0 spiro atoms. The van der Waals surface area contributed by atoms with Crippen molar-refractivity contribution in [3.63, 3.8) is 0 Å². The average molecular weight is 213 g/mol. The Balaban J connectivity index is 2.31. The first-order valence-corrected chi connectivity index (χ1v) is 5.89. The van der Waals surface area contributed by atoms with Gasteiger partial charge in [-0.25, -0.2) is 0 Å². The van der Waals surface area contributed by atoms with Gasteiger partial charge in [-0.15, -0.1) is 10.2 Å². The highest BCUT2D eigenvalue weighted by Crippen LogP contribution is 2.20. The molecule has 0 fully saturated rings. The lowest BCUT2D eigenvalue weighted by Gasteiger charge is -2.17. The van der Waals surface area contributed by atoms with Gasteiger partial charge in [0.1, 0.15) is 5.01 Å². The quantitative estimate of drug-likeness (QED) is 0.835. The SMILES string of the molecule is CCc1nnc(NCCC(C)(C)C)s1. The Morgan fingerprint density at radius 2 is 2.00 bits per heavy atom. The summed E-state index contributed by atoms with van der Waals surface area (Å²) in [6.45, 7) is 9.80. The van der Waals surface area contributed by atoms with Gasteiger partial charge in [0.2, 0.25) is 5.13 Å². The Morgan fingerprint density at radius 1 is 1.29 bits per heavy atom. The second kappa shape index (κ2) is 4.73. The average Bonchev–Trinajstić information content (AvgIpc) is 2.50. The van der Waals surface area contributed by atoms with E-state index in [9.17, 15) is 0 Å². The summed E-state index contributed by atoms with van der Waals surface area (Å²) in [6, 6.07) is 0. The van der Waals surface area contributed by atoms with E-state index in [0.29, 0.717) is 5.41 Å². The lowest BCUT2D eigenvalue weighted by molar-refractivity contribution is 0.389. The normalized spacial score (nSPS) is 11.7. The molecule has 4 heteroatoms. The van der Waals surface area contributed by atoms with Crippen molar-refractivity contribution in [3.8, 4) is 0 Å². The topological polar surface area (TPSA) is 37.8 Å². The Morgan fingerprint density at radius 3 is 2.50 bits per heavy atom. The fourth-order valence-corrected chi connectivity index (χ4v) is 1.72. The Labute approximate surface area is 89.9 Å². The van der Waals surface area contributed by atoms with Gasteiger partial charge in [-0.05, 0) is 18.3 Å². The molecule has 0 saturated heterocycles. The van der Waals surface area contributed by atoms with E-state index in [1.165, 1.54) is 0 Å². The van der Waals surface area contributed by atoms with E-state index in [2.05, 4.69) is 43.2 Å². The first-order valence-electron chi connectivity index (χ1n) is 5.07. The molecule has 1 N–H and O–H groups in total. The summed E-state index contributed by atoms with van der Waals surface area (Å²) in [4.78, 5) is 0. The maximum Gasteiger partial charge on any atom is 0.205 e. The second-order valence-electron chi connectivity index (χ2n) is 4.59. The molecule has 14 heavy (non-hydrogen) atoms. The molecule has 0 atom stereocenters. The largest absolute Gasteiger partial charge is 0.360 e. The van der Waals surface area contributed by atoms with Crippen LogP contribution in [0.15, 0.2) is 0 Å². The number of aryl methyl sites for hydroxylation is 1. The predicted octanol–water partition coefficient (Wildman–Crippen LogP) is 2.95. The van der Waals surface area contributed by atoms with Crippen molar-refractivity contribution in [3.05, 3.63) is 5.01 Å². The van der Waals surface area contributed by atoms with Crippen molar-refractivity contribution in [2.24, 2.45) is 5.41 Å². The summed E-state index contributed by atoms with van der Waals surface area (Å²) in [5.74, 6) is 0. The molecule has 0 bridgehead atoms. The van der Waals surface area contributed by atoms with Crippen LogP contribution in [0, 0.1) is 5.41 Å². The Hall–Kier alpha value is -0.640. The summed E-state index contributed by atoms with van der Waals surface area (Å²) in [5, 5.41) is 13.5. The number of rotatable bonds is 4. The summed E-state index contributed by atoms with van der Waals surface area (Å²) < 4.78 is 0. The standard InChI is InChI=1S/C10H19N3S/c1-5-8-12-13-9(14-8)11-7-6-10(2,3)4/h5-7H2,1-4H3,(H,11,13). The first kappa shape index (κ1) is 11.4. The smallest absolute Gasteiger partial charge is 0.205 e. The van der Waals surface area contributed by atoms with E-state index in [-0.39, 0.29) is 0 Å². The number of anilines is 1. The summed E-state index contributed by atoms with van der Waals surface area (Å²) in [6.07, 6.45) is 2.12. The summed E-state index contributed by atoms with van der Waals surface area (Å²) in [5.41, 5.74) is 0.380. The van der Waals surface area contributed by atoms with Crippen LogP contribution in [-0.4, -0.2) is 16.7 Å². The number of aromatic nitrogens is 2. The van der Waals surface area contributed by atoms with Crippen molar-refractivity contribution in [2.45, 2.75) is 40.5 Å². The maximum absolute atomic E-state index is 4.06. The summed E-state index contributed by atoms with van der Waals surface area (Å²) >= 11 is 1.65. The summed E-state index contributed by atoms with van der Waals surface area (Å²) in [7, 11) is 0. The third-order valence-corrected chi connectivity index (χ3v) is 2.95. The van der Waals surface area contributed by atoms with Gasteiger partial charge in [0.25, 0.3) is 0 Å². The molecule has 80 valence electrons. The van der Waals surface area contributed by atoms with Gasteiger partial charge in [-0.1, -0.05) is 39.0 Å². The molecule has 0 aliphatic carbocycles. The molecule has 0 amide bonds. The van der Waals surface area contributed by atoms with Gasteiger partial charge in [-0.2, -0.15) is 0 Å². The lowest BCUT2D eigenvalue weighted by atomic mass is 9.92. The molecule has 0 aliphatic heterocycles. The molecule has 0 aromatic carbocycles. The Kier molecular flexibility index (Phi) is 3.86. The molecule has 0 aliphatic rings. The highest BCUT2D eigenvalue weighted by Gasteiger charge is 2.09. The minimum atomic E-state index is 0.380. The zero-order valence-electron chi connectivity index (χ0n) is 9.42. The van der Waals surface area contributed by atoms with Crippen LogP contribution in [0.4, 0.5) is 5.13 Å². The third-order valence-electron chi connectivity index (χ3n) is 1.92. The molecular formula is C10H19N3S. The van der Waals surface area contributed by atoms with Crippen molar-refractivity contribution < 1.29 is 0 Å². The fourth-order valence-electron chi connectivity index (χ4n) is 1.01. The fraction of sp³-hybridized carbons (Fsp3) is 0.800. The van der Waals surface area contributed by atoms with Crippen molar-refractivity contribution in [1.82, 2.24) is 10.2 Å². The van der Waals surface area contributed by atoms with Gasteiger partial charge in [0.05, 0.1) is 0 Å². The number of hydrogen-bond acceptors (Lipinski definition) is 4. The van der Waals surface area contributed by atoms with Gasteiger partial charge in [0, 0.05) is 6.54 Å². The van der Waals surface area contributed by atoms with E-state index >= 15 is 0 Å². The molecule has 0 radical (unpaired) electrons. The van der Waals surface area contributed by atoms with Gasteiger partial charge in [0.15, 0.2) is 0 Å². The molecule has 0 unspecified atom stereocenters. The van der Waals surface area contributed by atoms with Crippen LogP contribution in [0.2, 0.25) is 0 Å². The highest BCUT2D eigenvalue weighted by atomic mass is 32.1. The van der Waals surface area contributed by atoms with E-state index in [1.54, 1.807) is 11.3 Å². The Bertz CT molecular complexity index is 275.